The van der Waals surface area contributed by atoms with Gasteiger partial charge in [0, 0.05) is 12.7 Å². The Hall–Kier alpha value is -3.64. The van der Waals surface area contributed by atoms with Crippen molar-refractivity contribution >= 4 is 45.0 Å². The van der Waals surface area contributed by atoms with E-state index in [9.17, 15) is 8.42 Å². The Morgan fingerprint density at radius 1 is 0.906 bits per heavy atom. The number of aryl methyl sites for hydroxylation is 1. The van der Waals surface area contributed by atoms with Crippen LogP contribution in [0.25, 0.3) is 0 Å². The minimum absolute atomic E-state index is 0.0135. The number of rotatable bonds is 8. The van der Waals surface area contributed by atoms with Gasteiger partial charge < -0.3 is 16.0 Å². The third-order valence-corrected chi connectivity index (χ3v) is 4.27. The molecule has 3 rings (SSSR count). The smallest absolute Gasteiger partial charge is 0.283 e. The topological polar surface area (TPSA) is 154 Å². The van der Waals surface area contributed by atoms with E-state index < -0.39 is 16.0 Å². The van der Waals surface area contributed by atoms with Crippen molar-refractivity contribution in [2.45, 2.75) is 20.8 Å². The SMILES string of the molecule is CC.CNc1nc(NCS(=O)(=O)O)nc(Nc2ccc(N=Nc3ccccc3)cc2C)n1. The van der Waals surface area contributed by atoms with Crippen molar-refractivity contribution in [2.24, 2.45) is 10.2 Å². The first kappa shape index (κ1) is 24.6. The number of hydrogen-bond donors (Lipinski definition) is 4. The summed E-state index contributed by atoms with van der Waals surface area (Å²) < 4.78 is 30.7. The van der Waals surface area contributed by atoms with Crippen LogP contribution in [0.2, 0.25) is 0 Å². The maximum Gasteiger partial charge on any atom is 0.283 e. The zero-order valence-electron chi connectivity index (χ0n) is 18.2. The molecule has 2 aromatic carbocycles. The van der Waals surface area contributed by atoms with Crippen LogP contribution in [0.4, 0.5) is 34.9 Å². The fourth-order valence-electron chi connectivity index (χ4n) is 2.36. The van der Waals surface area contributed by atoms with Crippen LogP contribution >= 0.6 is 0 Å². The number of anilines is 4. The average Bonchev–Trinajstić information content (AvgIpc) is 2.79. The van der Waals surface area contributed by atoms with Crippen molar-refractivity contribution in [3.05, 3.63) is 54.1 Å². The maximum absolute atomic E-state index is 10.9. The van der Waals surface area contributed by atoms with E-state index in [1.54, 1.807) is 13.1 Å². The predicted molar refractivity (Wildman–Crippen MR) is 126 cm³/mol. The molecule has 1 aromatic heterocycles. The van der Waals surface area contributed by atoms with Crippen molar-refractivity contribution in [2.75, 3.05) is 28.9 Å². The average molecular weight is 459 g/mol. The van der Waals surface area contributed by atoms with Crippen LogP contribution in [0.1, 0.15) is 19.4 Å². The third kappa shape index (κ3) is 7.89. The summed E-state index contributed by atoms with van der Waals surface area (Å²) in [6.07, 6.45) is 0. The van der Waals surface area contributed by atoms with E-state index in [1.807, 2.05) is 63.2 Å². The summed E-state index contributed by atoms with van der Waals surface area (Å²) in [6, 6.07) is 14.9. The van der Waals surface area contributed by atoms with E-state index in [0.29, 0.717) is 5.69 Å². The Labute approximate surface area is 187 Å². The molecular formula is C20H26N8O3S. The number of hydrogen-bond acceptors (Lipinski definition) is 10. The highest BCUT2D eigenvalue weighted by Gasteiger charge is 2.10. The van der Waals surface area contributed by atoms with Crippen LogP contribution in [-0.4, -0.2) is 40.8 Å². The minimum Gasteiger partial charge on any atom is -0.357 e. The van der Waals surface area contributed by atoms with E-state index in [4.69, 9.17) is 4.55 Å². The summed E-state index contributed by atoms with van der Waals surface area (Å²) in [6.45, 7) is 5.89. The van der Waals surface area contributed by atoms with Crippen LogP contribution in [0, 0.1) is 6.92 Å². The molecule has 12 heteroatoms. The Bertz CT molecular complexity index is 1150. The van der Waals surface area contributed by atoms with Crippen LogP contribution in [0.3, 0.4) is 0 Å². The number of azo groups is 1. The van der Waals surface area contributed by atoms with E-state index in [0.717, 1.165) is 16.9 Å². The fraction of sp³-hybridized carbons (Fsp3) is 0.250. The first-order chi connectivity index (χ1) is 15.3. The van der Waals surface area contributed by atoms with Crippen LogP contribution in [0.15, 0.2) is 58.8 Å². The first-order valence-corrected chi connectivity index (χ1v) is 11.4. The second-order valence-corrected chi connectivity index (χ2v) is 7.57. The lowest BCUT2D eigenvalue weighted by Crippen LogP contribution is -2.16. The van der Waals surface area contributed by atoms with Crippen LogP contribution in [-0.2, 0) is 10.1 Å². The lowest BCUT2D eigenvalue weighted by atomic mass is 10.2. The molecule has 3 aromatic rings. The van der Waals surface area contributed by atoms with Gasteiger partial charge in [-0.1, -0.05) is 32.0 Å². The molecule has 0 fully saturated rings. The predicted octanol–water partition coefficient (Wildman–Crippen LogP) is 4.66. The van der Waals surface area contributed by atoms with Gasteiger partial charge in [-0.15, -0.1) is 0 Å². The minimum atomic E-state index is -4.22. The van der Waals surface area contributed by atoms with Crippen molar-refractivity contribution in [1.29, 1.82) is 0 Å². The van der Waals surface area contributed by atoms with Crippen LogP contribution < -0.4 is 16.0 Å². The van der Waals surface area contributed by atoms with Gasteiger partial charge in [0.25, 0.3) is 10.1 Å². The van der Waals surface area contributed by atoms with Gasteiger partial charge >= 0.3 is 0 Å². The van der Waals surface area contributed by atoms with Gasteiger partial charge in [-0.25, -0.2) is 0 Å². The molecule has 32 heavy (non-hydrogen) atoms. The zero-order valence-corrected chi connectivity index (χ0v) is 19.1. The molecule has 0 aliphatic carbocycles. The molecule has 0 spiro atoms. The normalized spacial score (nSPS) is 10.9. The summed E-state index contributed by atoms with van der Waals surface area (Å²) in [7, 11) is -2.61. The van der Waals surface area contributed by atoms with Gasteiger partial charge in [-0.05, 0) is 42.8 Å². The van der Waals surface area contributed by atoms with Crippen molar-refractivity contribution in [1.82, 2.24) is 15.0 Å². The molecule has 1 heterocycles. The molecule has 0 radical (unpaired) electrons. The highest BCUT2D eigenvalue weighted by Crippen LogP contribution is 2.26. The van der Waals surface area contributed by atoms with Gasteiger partial charge in [0.05, 0.1) is 11.4 Å². The fourth-order valence-corrected chi connectivity index (χ4v) is 2.67. The molecule has 0 atom stereocenters. The van der Waals surface area contributed by atoms with E-state index in [1.165, 1.54) is 0 Å². The largest absolute Gasteiger partial charge is 0.357 e. The highest BCUT2D eigenvalue weighted by atomic mass is 32.2. The van der Waals surface area contributed by atoms with Crippen LogP contribution in [0.5, 0.6) is 0 Å². The molecule has 0 saturated carbocycles. The Morgan fingerprint density at radius 3 is 2.16 bits per heavy atom. The molecule has 0 saturated heterocycles. The van der Waals surface area contributed by atoms with Gasteiger partial charge in [-0.3, -0.25) is 4.55 Å². The Morgan fingerprint density at radius 2 is 1.53 bits per heavy atom. The summed E-state index contributed by atoms with van der Waals surface area (Å²) in [4.78, 5) is 12.3. The number of nitrogens with one attached hydrogen (secondary N) is 3. The lowest BCUT2D eigenvalue weighted by molar-refractivity contribution is 0.485. The number of nitrogens with zero attached hydrogens (tertiary/aromatic N) is 5. The van der Waals surface area contributed by atoms with Crippen molar-refractivity contribution in [3.8, 4) is 0 Å². The van der Waals surface area contributed by atoms with Gasteiger partial charge in [0.15, 0.2) is 0 Å². The Balaban J connectivity index is 0.00000176. The molecule has 0 aliphatic rings. The van der Waals surface area contributed by atoms with E-state index in [2.05, 4.69) is 41.1 Å². The monoisotopic (exact) mass is 458 g/mol. The highest BCUT2D eigenvalue weighted by molar-refractivity contribution is 7.85. The quantitative estimate of drug-likeness (QED) is 0.278. The summed E-state index contributed by atoms with van der Waals surface area (Å²) in [5, 5.41) is 16.7. The number of aromatic nitrogens is 3. The molecule has 0 aliphatic heterocycles. The Kier molecular flexibility index (Phi) is 8.98. The van der Waals surface area contributed by atoms with Gasteiger partial charge in [0.1, 0.15) is 5.88 Å². The molecule has 11 nitrogen and oxygen atoms in total. The summed E-state index contributed by atoms with van der Waals surface area (Å²) in [5.41, 5.74) is 3.04. The van der Waals surface area contributed by atoms with Crippen molar-refractivity contribution in [3.63, 3.8) is 0 Å². The van der Waals surface area contributed by atoms with E-state index >= 15 is 0 Å². The maximum atomic E-state index is 10.9. The number of benzene rings is 2. The zero-order chi connectivity index (χ0) is 23.6. The first-order valence-electron chi connectivity index (χ1n) is 9.80. The van der Waals surface area contributed by atoms with Gasteiger partial charge in [-0.2, -0.15) is 33.6 Å². The lowest BCUT2D eigenvalue weighted by Gasteiger charge is -2.11. The van der Waals surface area contributed by atoms with E-state index in [-0.39, 0.29) is 17.8 Å². The van der Waals surface area contributed by atoms with Gasteiger partial charge in [0.2, 0.25) is 17.8 Å². The summed E-state index contributed by atoms with van der Waals surface area (Å²) in [5.74, 6) is -0.328. The molecule has 0 bridgehead atoms. The second kappa shape index (κ2) is 11.7. The standard InChI is InChI=1S/C18H20N8O3S.C2H6/c1-12-10-14(26-25-13-6-4-3-5-7-13)8-9-15(12)21-18-23-16(19-2)22-17(24-18)20-11-30(27,28)29;1-2/h3-10H,11H2,1-2H3,(H,27,28,29)(H3,19,20,21,22,23,24);1-2H3. The summed E-state index contributed by atoms with van der Waals surface area (Å²) >= 11 is 0. The van der Waals surface area contributed by atoms with Crippen molar-refractivity contribution < 1.29 is 13.0 Å². The molecular weight excluding hydrogens is 432 g/mol. The molecule has 0 amide bonds. The molecule has 0 unspecified atom stereocenters. The second-order valence-electron chi connectivity index (χ2n) is 6.12. The molecule has 4 N–H and O–H groups in total. The molecule has 170 valence electrons. The third-order valence-electron chi connectivity index (χ3n) is 3.77.